The average molecular weight is 516 g/mol. The van der Waals surface area contributed by atoms with Crippen molar-refractivity contribution in [3.63, 3.8) is 0 Å². The van der Waals surface area contributed by atoms with E-state index in [0.29, 0.717) is 28.7 Å². The van der Waals surface area contributed by atoms with E-state index in [1.54, 1.807) is 36.3 Å². The van der Waals surface area contributed by atoms with Crippen LogP contribution in [0.2, 0.25) is 0 Å². The first-order chi connectivity index (χ1) is 18.2. The second-order valence-corrected chi connectivity index (χ2v) is 9.87. The maximum Gasteiger partial charge on any atom is 0.312 e. The van der Waals surface area contributed by atoms with Gasteiger partial charge in [0.05, 0.1) is 13.0 Å². The van der Waals surface area contributed by atoms with Gasteiger partial charge in [0.1, 0.15) is 17.2 Å². The zero-order chi connectivity index (χ0) is 27.4. The summed E-state index contributed by atoms with van der Waals surface area (Å²) in [7, 11) is 1.55. The van der Waals surface area contributed by atoms with Gasteiger partial charge in [0, 0.05) is 24.2 Å². The Morgan fingerprint density at radius 1 is 0.921 bits per heavy atom. The molecule has 7 nitrogen and oxygen atoms in total. The molecule has 0 saturated carbocycles. The van der Waals surface area contributed by atoms with E-state index in [1.807, 2.05) is 37.3 Å². The van der Waals surface area contributed by atoms with Crippen LogP contribution in [0.1, 0.15) is 54.6 Å². The van der Waals surface area contributed by atoms with Crippen LogP contribution in [0.15, 0.2) is 66.7 Å². The van der Waals surface area contributed by atoms with Crippen molar-refractivity contribution in [2.45, 2.75) is 46.1 Å². The highest BCUT2D eigenvalue weighted by Crippen LogP contribution is 2.33. The minimum absolute atomic E-state index is 0.0293. The molecule has 1 amide bonds. The summed E-state index contributed by atoms with van der Waals surface area (Å²) in [4.78, 5) is 39.8. The number of nitrogens with zero attached hydrogens (tertiary/aromatic N) is 1. The first kappa shape index (κ1) is 26.9. The Bertz CT molecular complexity index is 1310. The summed E-state index contributed by atoms with van der Waals surface area (Å²) in [6, 6.07) is 20.0. The van der Waals surface area contributed by atoms with Crippen LogP contribution in [-0.4, -0.2) is 37.4 Å². The summed E-state index contributed by atoms with van der Waals surface area (Å²) in [5, 5.41) is 0. The van der Waals surface area contributed by atoms with E-state index < -0.39 is 18.0 Å². The minimum Gasteiger partial charge on any atom is -0.497 e. The number of carbonyl (C=O) groups excluding carboxylic acids is 3. The molecule has 1 aliphatic heterocycles. The smallest absolute Gasteiger partial charge is 0.312 e. The Morgan fingerprint density at radius 3 is 2.21 bits per heavy atom. The van der Waals surface area contributed by atoms with Gasteiger partial charge in [-0.05, 0) is 85.5 Å². The number of amides is 1. The predicted octanol–water partition coefficient (Wildman–Crippen LogP) is 6.09. The summed E-state index contributed by atoms with van der Waals surface area (Å²) in [5.74, 6) is 0.730. The molecule has 38 heavy (non-hydrogen) atoms. The summed E-state index contributed by atoms with van der Waals surface area (Å²) >= 11 is 0. The fraction of sp³-hybridized carbons (Fsp3) is 0.323. The highest BCUT2D eigenvalue weighted by Gasteiger charge is 2.37. The zero-order valence-electron chi connectivity index (χ0n) is 22.4. The molecule has 7 heteroatoms. The first-order valence-electron chi connectivity index (χ1n) is 12.7. The second kappa shape index (κ2) is 11.5. The lowest BCUT2D eigenvalue weighted by molar-refractivity contribution is -0.151. The number of Topliss-reactive ketones (excluding diaryl/α,β-unsaturated/α-hetero) is 1. The molecule has 0 aliphatic carbocycles. The molecular weight excluding hydrogens is 482 g/mol. The lowest BCUT2D eigenvalue weighted by Gasteiger charge is -2.19. The van der Waals surface area contributed by atoms with Gasteiger partial charge in [0.25, 0.3) is 0 Å². The third kappa shape index (κ3) is 6.05. The van der Waals surface area contributed by atoms with Gasteiger partial charge in [-0.25, -0.2) is 0 Å². The highest BCUT2D eigenvalue weighted by atomic mass is 16.5. The molecule has 0 bridgehead atoms. The van der Waals surface area contributed by atoms with Gasteiger partial charge in [-0.15, -0.1) is 0 Å². The van der Waals surface area contributed by atoms with Gasteiger partial charge in [0.2, 0.25) is 11.7 Å². The fourth-order valence-electron chi connectivity index (χ4n) is 4.46. The van der Waals surface area contributed by atoms with Crippen molar-refractivity contribution < 1.29 is 28.6 Å². The number of carbonyl (C=O) groups is 3. The molecule has 0 unspecified atom stereocenters. The Labute approximate surface area is 223 Å². The molecule has 0 N–H and O–H groups in total. The number of hydrogen-bond donors (Lipinski definition) is 0. The molecule has 0 radical (unpaired) electrons. The molecule has 3 aromatic carbocycles. The molecule has 0 aromatic heterocycles. The number of esters is 1. The van der Waals surface area contributed by atoms with Crippen molar-refractivity contribution >= 4 is 23.3 Å². The molecular formula is C31H33NO6. The number of rotatable bonds is 9. The number of anilines is 1. The number of ether oxygens (including phenoxy) is 3. The number of aryl methyl sites for hydroxylation is 1. The van der Waals surface area contributed by atoms with Gasteiger partial charge < -0.3 is 19.1 Å². The number of hydrogen-bond acceptors (Lipinski definition) is 6. The Kier molecular flexibility index (Phi) is 8.15. The molecule has 1 heterocycles. The minimum atomic E-state index is -0.964. The summed E-state index contributed by atoms with van der Waals surface area (Å²) in [6.07, 6.45) is -0.935. The van der Waals surface area contributed by atoms with Crippen LogP contribution in [-0.2, 0) is 14.3 Å². The Morgan fingerprint density at radius 2 is 1.58 bits per heavy atom. The van der Waals surface area contributed by atoms with Gasteiger partial charge >= 0.3 is 5.97 Å². The van der Waals surface area contributed by atoms with Crippen LogP contribution >= 0.6 is 0 Å². The standard InChI is InChI=1S/C31H33NO6/c1-19(2)27-15-6-20(3)16-28(27)38-26-13-9-24(10-14-26)32-18-23(17-29(32)33)31(35)37-21(4)30(34)22-7-11-25(36-5)12-8-22/h6-16,19,21,23H,17-18H2,1-5H3/t21-,23+/m0/s1. The number of benzene rings is 3. The maximum atomic E-state index is 12.8. The van der Waals surface area contributed by atoms with Crippen LogP contribution in [0, 0.1) is 12.8 Å². The zero-order valence-corrected chi connectivity index (χ0v) is 22.4. The predicted molar refractivity (Wildman–Crippen MR) is 145 cm³/mol. The molecule has 198 valence electrons. The van der Waals surface area contributed by atoms with Crippen LogP contribution in [0.5, 0.6) is 17.2 Å². The van der Waals surface area contributed by atoms with Crippen molar-refractivity contribution in [1.29, 1.82) is 0 Å². The highest BCUT2D eigenvalue weighted by molar-refractivity contribution is 6.02. The van der Waals surface area contributed by atoms with E-state index in [1.165, 1.54) is 6.92 Å². The molecule has 4 rings (SSSR count). The average Bonchev–Trinajstić information content (AvgIpc) is 3.30. The van der Waals surface area contributed by atoms with Crippen LogP contribution in [0.25, 0.3) is 0 Å². The Balaban J connectivity index is 1.38. The monoisotopic (exact) mass is 515 g/mol. The quantitative estimate of drug-likeness (QED) is 0.253. The van der Waals surface area contributed by atoms with E-state index in [-0.39, 0.29) is 24.7 Å². The van der Waals surface area contributed by atoms with E-state index in [4.69, 9.17) is 14.2 Å². The molecule has 1 fully saturated rings. The van der Waals surface area contributed by atoms with Crippen molar-refractivity contribution in [1.82, 2.24) is 0 Å². The van der Waals surface area contributed by atoms with E-state index >= 15 is 0 Å². The molecule has 1 saturated heterocycles. The van der Waals surface area contributed by atoms with Crippen molar-refractivity contribution in [2.24, 2.45) is 5.92 Å². The van der Waals surface area contributed by atoms with Crippen molar-refractivity contribution in [2.75, 3.05) is 18.6 Å². The number of ketones is 1. The second-order valence-electron chi connectivity index (χ2n) is 9.87. The van der Waals surface area contributed by atoms with E-state index in [9.17, 15) is 14.4 Å². The summed E-state index contributed by atoms with van der Waals surface area (Å²) < 4.78 is 16.7. The van der Waals surface area contributed by atoms with Crippen molar-refractivity contribution in [3.05, 3.63) is 83.4 Å². The first-order valence-corrected chi connectivity index (χ1v) is 12.7. The summed E-state index contributed by atoms with van der Waals surface area (Å²) in [5.41, 5.74) is 3.33. The molecule has 1 aliphatic rings. The number of methoxy groups -OCH3 is 1. The topological polar surface area (TPSA) is 82.1 Å². The SMILES string of the molecule is COc1ccc(C(=O)[C@H](C)OC(=O)[C@@H]2CC(=O)N(c3ccc(Oc4cc(C)ccc4C(C)C)cc3)C2)cc1. The van der Waals surface area contributed by atoms with Gasteiger partial charge in [0.15, 0.2) is 6.10 Å². The normalized spacial score (nSPS) is 15.9. The third-order valence-corrected chi connectivity index (χ3v) is 6.66. The lowest BCUT2D eigenvalue weighted by atomic mass is 10.0. The summed E-state index contributed by atoms with van der Waals surface area (Å²) in [6.45, 7) is 8.00. The van der Waals surface area contributed by atoms with Gasteiger partial charge in [-0.1, -0.05) is 26.0 Å². The van der Waals surface area contributed by atoms with Gasteiger partial charge in [-0.2, -0.15) is 0 Å². The fourth-order valence-corrected chi connectivity index (χ4v) is 4.46. The third-order valence-electron chi connectivity index (χ3n) is 6.66. The lowest BCUT2D eigenvalue weighted by Crippen LogP contribution is -2.30. The van der Waals surface area contributed by atoms with Crippen LogP contribution < -0.4 is 14.4 Å². The van der Waals surface area contributed by atoms with Gasteiger partial charge in [-0.3, -0.25) is 14.4 Å². The van der Waals surface area contributed by atoms with Crippen LogP contribution in [0.3, 0.4) is 0 Å². The van der Waals surface area contributed by atoms with E-state index in [0.717, 1.165) is 16.9 Å². The largest absolute Gasteiger partial charge is 0.497 e. The van der Waals surface area contributed by atoms with E-state index in [2.05, 4.69) is 26.0 Å². The maximum absolute atomic E-state index is 12.8. The van der Waals surface area contributed by atoms with Crippen LogP contribution in [0.4, 0.5) is 5.69 Å². The van der Waals surface area contributed by atoms with Crippen molar-refractivity contribution in [3.8, 4) is 17.2 Å². The molecule has 2 atom stereocenters. The Hall–Kier alpha value is -4.13. The molecule has 0 spiro atoms. The molecule has 3 aromatic rings.